The van der Waals surface area contributed by atoms with Gasteiger partial charge < -0.3 is 5.32 Å². The predicted octanol–water partition coefficient (Wildman–Crippen LogP) is 2.45. The van der Waals surface area contributed by atoms with Crippen LogP contribution in [0.25, 0.3) is 5.82 Å². The van der Waals surface area contributed by atoms with Crippen molar-refractivity contribution in [2.45, 2.75) is 20.4 Å². The first-order valence-corrected chi connectivity index (χ1v) is 6.37. The molecule has 0 fully saturated rings. The molecule has 2 aromatic rings. The molecule has 0 radical (unpaired) electrons. The molecule has 1 N–H and O–H groups in total. The van der Waals surface area contributed by atoms with E-state index < -0.39 is 0 Å². The second-order valence-corrected chi connectivity index (χ2v) is 4.64. The van der Waals surface area contributed by atoms with Crippen molar-refractivity contribution < 1.29 is 0 Å². The molecular weight excluding hydrogens is 280 g/mol. The molecule has 0 saturated heterocycles. The number of aromatic nitrogens is 3. The van der Waals surface area contributed by atoms with Crippen LogP contribution in [0.15, 0.2) is 29.1 Å². The molecule has 0 aromatic carbocycles. The zero-order chi connectivity index (χ0) is 12.3. The highest BCUT2D eigenvalue weighted by Gasteiger charge is 2.03. The Morgan fingerprint density at radius 3 is 2.94 bits per heavy atom. The molecule has 2 heterocycles. The first kappa shape index (κ1) is 12.3. The summed E-state index contributed by atoms with van der Waals surface area (Å²) in [7, 11) is 0. The topological polar surface area (TPSA) is 42.7 Å². The van der Waals surface area contributed by atoms with E-state index in [1.54, 1.807) is 6.33 Å². The molecule has 2 aromatic heterocycles. The average molecular weight is 295 g/mol. The van der Waals surface area contributed by atoms with Crippen LogP contribution < -0.4 is 5.32 Å². The van der Waals surface area contributed by atoms with Gasteiger partial charge in [0.25, 0.3) is 0 Å². The number of nitrogens with zero attached hydrogens (tertiary/aromatic N) is 3. The van der Waals surface area contributed by atoms with E-state index in [2.05, 4.69) is 38.1 Å². The second-order valence-electron chi connectivity index (χ2n) is 3.79. The second kappa shape index (κ2) is 5.42. The molecule has 0 unspecified atom stereocenters. The maximum Gasteiger partial charge on any atom is 0.138 e. The summed E-state index contributed by atoms with van der Waals surface area (Å²) in [6, 6.07) is 3.97. The Labute approximate surface area is 109 Å². The summed E-state index contributed by atoms with van der Waals surface area (Å²) in [5.74, 6) is 0.890. The molecule has 0 amide bonds. The first-order valence-electron chi connectivity index (χ1n) is 5.58. The van der Waals surface area contributed by atoms with Crippen molar-refractivity contribution >= 4 is 15.9 Å². The van der Waals surface area contributed by atoms with E-state index in [4.69, 9.17) is 0 Å². The Kier molecular flexibility index (Phi) is 3.91. The van der Waals surface area contributed by atoms with Crippen molar-refractivity contribution in [1.82, 2.24) is 19.9 Å². The zero-order valence-electron chi connectivity index (χ0n) is 9.94. The summed E-state index contributed by atoms with van der Waals surface area (Å²) in [6.45, 7) is 5.79. The van der Waals surface area contributed by atoms with Crippen LogP contribution in [-0.4, -0.2) is 21.1 Å². The van der Waals surface area contributed by atoms with Crippen molar-refractivity contribution in [3.05, 3.63) is 40.5 Å². The smallest absolute Gasteiger partial charge is 0.138 e. The van der Waals surface area contributed by atoms with Gasteiger partial charge in [-0.05, 0) is 41.5 Å². The molecule has 0 aliphatic heterocycles. The van der Waals surface area contributed by atoms with Gasteiger partial charge in [-0.25, -0.2) is 9.97 Å². The standard InChI is InChI=1S/C12H15BrN4/c1-3-14-6-10-7-17(8-15-10)12-5-4-11(13)9(2)16-12/h4-5,7-8,14H,3,6H2,1-2H3. The van der Waals surface area contributed by atoms with Crippen LogP contribution in [-0.2, 0) is 6.54 Å². The maximum atomic E-state index is 4.49. The molecule has 90 valence electrons. The summed E-state index contributed by atoms with van der Waals surface area (Å²) >= 11 is 3.44. The van der Waals surface area contributed by atoms with E-state index in [9.17, 15) is 0 Å². The van der Waals surface area contributed by atoms with Gasteiger partial charge in [-0.1, -0.05) is 6.92 Å². The summed E-state index contributed by atoms with van der Waals surface area (Å²) in [6.07, 6.45) is 3.79. The van der Waals surface area contributed by atoms with Crippen LogP contribution in [0.5, 0.6) is 0 Å². The summed E-state index contributed by atoms with van der Waals surface area (Å²) in [5, 5.41) is 3.25. The van der Waals surface area contributed by atoms with Gasteiger partial charge in [0.15, 0.2) is 0 Å². The summed E-state index contributed by atoms with van der Waals surface area (Å²) in [5.41, 5.74) is 2.00. The molecule has 0 atom stereocenters. The predicted molar refractivity (Wildman–Crippen MR) is 71.2 cm³/mol. The third-order valence-corrected chi connectivity index (χ3v) is 3.30. The quantitative estimate of drug-likeness (QED) is 0.942. The largest absolute Gasteiger partial charge is 0.311 e. The fourth-order valence-corrected chi connectivity index (χ4v) is 1.73. The molecule has 0 bridgehead atoms. The number of hydrogen-bond donors (Lipinski definition) is 1. The molecule has 4 nitrogen and oxygen atoms in total. The van der Waals surface area contributed by atoms with Crippen LogP contribution in [0.1, 0.15) is 18.3 Å². The number of halogens is 1. The number of rotatable bonds is 4. The molecule has 0 aliphatic rings. The van der Waals surface area contributed by atoms with Crippen LogP contribution in [0, 0.1) is 6.92 Å². The van der Waals surface area contributed by atoms with Gasteiger partial charge in [-0.3, -0.25) is 4.57 Å². The van der Waals surface area contributed by atoms with E-state index in [0.29, 0.717) is 0 Å². The molecular formula is C12H15BrN4. The van der Waals surface area contributed by atoms with Crippen molar-refractivity contribution in [1.29, 1.82) is 0 Å². The lowest BCUT2D eigenvalue weighted by molar-refractivity contribution is 0.713. The molecule has 2 rings (SSSR count). The van der Waals surface area contributed by atoms with Crippen molar-refractivity contribution in [2.75, 3.05) is 6.54 Å². The first-order chi connectivity index (χ1) is 8.20. The SMILES string of the molecule is CCNCc1cn(-c2ccc(Br)c(C)n2)cn1. The minimum Gasteiger partial charge on any atom is -0.311 e. The number of imidazole rings is 1. The van der Waals surface area contributed by atoms with Crippen LogP contribution in [0.2, 0.25) is 0 Å². The van der Waals surface area contributed by atoms with Crippen molar-refractivity contribution in [3.8, 4) is 5.82 Å². The number of hydrogen-bond acceptors (Lipinski definition) is 3. The fraction of sp³-hybridized carbons (Fsp3) is 0.333. The Morgan fingerprint density at radius 2 is 2.24 bits per heavy atom. The number of nitrogens with one attached hydrogen (secondary N) is 1. The van der Waals surface area contributed by atoms with Gasteiger partial charge in [-0.15, -0.1) is 0 Å². The van der Waals surface area contributed by atoms with Gasteiger partial charge in [-0.2, -0.15) is 0 Å². The van der Waals surface area contributed by atoms with Crippen LogP contribution >= 0.6 is 15.9 Å². The number of pyridine rings is 1. The van der Waals surface area contributed by atoms with Crippen molar-refractivity contribution in [2.24, 2.45) is 0 Å². The Balaban J connectivity index is 2.21. The maximum absolute atomic E-state index is 4.49. The van der Waals surface area contributed by atoms with E-state index in [0.717, 1.165) is 34.8 Å². The van der Waals surface area contributed by atoms with E-state index in [-0.39, 0.29) is 0 Å². The van der Waals surface area contributed by atoms with Gasteiger partial charge in [0.2, 0.25) is 0 Å². The normalized spacial score (nSPS) is 10.8. The molecule has 0 saturated carbocycles. The molecule has 5 heteroatoms. The minimum atomic E-state index is 0.791. The highest BCUT2D eigenvalue weighted by Crippen LogP contribution is 2.16. The zero-order valence-corrected chi connectivity index (χ0v) is 11.5. The van der Waals surface area contributed by atoms with Gasteiger partial charge in [0.05, 0.1) is 11.4 Å². The average Bonchev–Trinajstić information content (AvgIpc) is 2.79. The van der Waals surface area contributed by atoms with Gasteiger partial charge >= 0.3 is 0 Å². The molecule has 0 aliphatic carbocycles. The van der Waals surface area contributed by atoms with Crippen molar-refractivity contribution in [3.63, 3.8) is 0 Å². The van der Waals surface area contributed by atoms with E-state index in [1.807, 2.05) is 29.8 Å². The van der Waals surface area contributed by atoms with Crippen LogP contribution in [0.3, 0.4) is 0 Å². The Bertz CT molecular complexity index is 507. The molecule has 0 spiro atoms. The van der Waals surface area contributed by atoms with E-state index in [1.165, 1.54) is 0 Å². The fourth-order valence-electron chi connectivity index (χ4n) is 1.51. The third kappa shape index (κ3) is 2.92. The number of aryl methyl sites for hydroxylation is 1. The summed E-state index contributed by atoms with van der Waals surface area (Å²) < 4.78 is 2.96. The lowest BCUT2D eigenvalue weighted by Crippen LogP contribution is -2.11. The van der Waals surface area contributed by atoms with Crippen LogP contribution in [0.4, 0.5) is 0 Å². The minimum absolute atomic E-state index is 0.791. The Morgan fingerprint density at radius 1 is 1.41 bits per heavy atom. The lowest BCUT2D eigenvalue weighted by atomic mass is 10.3. The summed E-state index contributed by atoms with van der Waals surface area (Å²) in [4.78, 5) is 8.82. The lowest BCUT2D eigenvalue weighted by Gasteiger charge is -2.03. The van der Waals surface area contributed by atoms with Gasteiger partial charge in [0.1, 0.15) is 12.1 Å². The van der Waals surface area contributed by atoms with E-state index >= 15 is 0 Å². The Hall–Kier alpha value is -1.20. The highest BCUT2D eigenvalue weighted by molar-refractivity contribution is 9.10. The monoisotopic (exact) mass is 294 g/mol. The molecule has 17 heavy (non-hydrogen) atoms. The highest BCUT2D eigenvalue weighted by atomic mass is 79.9. The van der Waals surface area contributed by atoms with Gasteiger partial charge in [0, 0.05) is 17.2 Å². The third-order valence-electron chi connectivity index (χ3n) is 2.46.